The number of thiophene rings is 1. The SMILES string of the molecule is C1=C(c2cc3ccccc3c3ccccc23)CCc2c1c1c3sc4ccccc4c3c3ccccc3c1n2-c1cc(-c2ccccc2)nc(-c2ccccc2)n1. The highest BCUT2D eigenvalue weighted by molar-refractivity contribution is 7.27. The molecule has 3 heterocycles. The van der Waals surface area contributed by atoms with Crippen LogP contribution in [0.3, 0.4) is 0 Å². The Bertz CT molecular complexity index is 3350. The lowest BCUT2D eigenvalue weighted by molar-refractivity contribution is 0.878. The van der Waals surface area contributed by atoms with Crippen LogP contribution in [0.4, 0.5) is 0 Å². The monoisotopic (exact) mass is 731 g/mol. The number of hydrogen-bond acceptors (Lipinski definition) is 3. The topological polar surface area (TPSA) is 30.7 Å². The Morgan fingerprint density at radius 3 is 1.95 bits per heavy atom. The molecule has 0 spiro atoms. The van der Waals surface area contributed by atoms with Gasteiger partial charge >= 0.3 is 0 Å². The van der Waals surface area contributed by atoms with Crippen molar-refractivity contribution in [3.8, 4) is 28.5 Å². The highest BCUT2D eigenvalue weighted by Crippen LogP contribution is 2.50. The third-order valence-electron chi connectivity index (χ3n) is 11.7. The predicted molar refractivity (Wildman–Crippen MR) is 238 cm³/mol. The molecule has 3 nitrogen and oxygen atoms in total. The fraction of sp³-hybridized carbons (Fsp3) is 0.0385. The molecule has 3 aromatic heterocycles. The second-order valence-electron chi connectivity index (χ2n) is 14.8. The summed E-state index contributed by atoms with van der Waals surface area (Å²) in [6.45, 7) is 0. The van der Waals surface area contributed by atoms with Gasteiger partial charge in [0.2, 0.25) is 0 Å². The van der Waals surface area contributed by atoms with Crippen molar-refractivity contribution >= 4 is 86.4 Å². The first kappa shape index (κ1) is 31.5. The quantitative estimate of drug-likeness (QED) is 0.169. The van der Waals surface area contributed by atoms with Gasteiger partial charge in [-0.1, -0.05) is 152 Å². The summed E-state index contributed by atoms with van der Waals surface area (Å²) in [5.41, 5.74) is 9.47. The van der Waals surface area contributed by atoms with Crippen LogP contribution in [0.1, 0.15) is 23.2 Å². The first-order valence-electron chi connectivity index (χ1n) is 19.3. The second kappa shape index (κ2) is 12.3. The lowest BCUT2D eigenvalue weighted by Gasteiger charge is -2.20. The zero-order valence-electron chi connectivity index (χ0n) is 30.4. The molecule has 0 unspecified atom stereocenters. The molecule has 1 aliphatic carbocycles. The van der Waals surface area contributed by atoms with Crippen LogP contribution in [-0.4, -0.2) is 14.5 Å². The van der Waals surface area contributed by atoms with Gasteiger partial charge in [-0.15, -0.1) is 11.3 Å². The molecule has 0 atom stereocenters. The molecule has 4 heteroatoms. The predicted octanol–water partition coefficient (Wildman–Crippen LogP) is 14.1. The van der Waals surface area contributed by atoms with E-state index >= 15 is 0 Å². The van der Waals surface area contributed by atoms with Gasteiger partial charge in [-0.25, -0.2) is 9.97 Å². The number of rotatable bonds is 4. The van der Waals surface area contributed by atoms with Crippen molar-refractivity contribution in [1.29, 1.82) is 0 Å². The lowest BCUT2D eigenvalue weighted by Crippen LogP contribution is -2.08. The van der Waals surface area contributed by atoms with Gasteiger partial charge in [0.15, 0.2) is 5.82 Å². The molecular formula is C52H33N3S. The molecule has 0 aliphatic heterocycles. The minimum Gasteiger partial charge on any atom is -0.297 e. The van der Waals surface area contributed by atoms with Crippen molar-refractivity contribution < 1.29 is 0 Å². The molecule has 12 rings (SSSR count). The third-order valence-corrected chi connectivity index (χ3v) is 12.9. The summed E-state index contributed by atoms with van der Waals surface area (Å²) < 4.78 is 5.13. The van der Waals surface area contributed by atoms with E-state index in [0.29, 0.717) is 0 Å². The van der Waals surface area contributed by atoms with E-state index in [4.69, 9.17) is 9.97 Å². The molecule has 11 aromatic rings. The zero-order chi connectivity index (χ0) is 36.7. The van der Waals surface area contributed by atoms with Crippen molar-refractivity contribution in [2.75, 3.05) is 0 Å². The summed E-state index contributed by atoms with van der Waals surface area (Å²) in [7, 11) is 0. The van der Waals surface area contributed by atoms with E-state index in [2.05, 4.69) is 174 Å². The van der Waals surface area contributed by atoms with Gasteiger partial charge < -0.3 is 0 Å². The van der Waals surface area contributed by atoms with Gasteiger partial charge in [-0.2, -0.15) is 0 Å². The van der Waals surface area contributed by atoms with E-state index in [9.17, 15) is 0 Å². The normalized spacial score (nSPS) is 13.0. The maximum atomic E-state index is 5.45. The van der Waals surface area contributed by atoms with Gasteiger partial charge in [0, 0.05) is 59.4 Å². The Hall–Kier alpha value is -6.88. The van der Waals surface area contributed by atoms with Gasteiger partial charge in [0.05, 0.1) is 11.2 Å². The Labute approximate surface area is 327 Å². The Kier molecular flexibility index (Phi) is 6.92. The number of fused-ring (bicyclic) bond motifs is 13. The van der Waals surface area contributed by atoms with Crippen LogP contribution in [0.2, 0.25) is 0 Å². The molecule has 0 saturated carbocycles. The van der Waals surface area contributed by atoms with Crippen LogP contribution in [-0.2, 0) is 6.42 Å². The third kappa shape index (κ3) is 4.69. The van der Waals surface area contributed by atoms with E-state index in [1.54, 1.807) is 0 Å². The minimum absolute atomic E-state index is 0.722. The Balaban J connectivity index is 1.23. The maximum absolute atomic E-state index is 5.45. The molecule has 0 saturated heterocycles. The zero-order valence-corrected chi connectivity index (χ0v) is 31.2. The highest BCUT2D eigenvalue weighted by Gasteiger charge is 2.28. The van der Waals surface area contributed by atoms with E-state index in [1.807, 2.05) is 17.4 Å². The van der Waals surface area contributed by atoms with Crippen LogP contribution in [0.25, 0.3) is 104 Å². The summed E-state index contributed by atoms with van der Waals surface area (Å²) in [4.78, 5) is 10.6. The molecule has 56 heavy (non-hydrogen) atoms. The number of nitrogens with zero attached hydrogens (tertiary/aromatic N) is 3. The summed E-state index contributed by atoms with van der Waals surface area (Å²) in [5, 5.41) is 11.6. The molecule has 0 N–H and O–H groups in total. The van der Waals surface area contributed by atoms with Crippen molar-refractivity contribution in [2.24, 2.45) is 0 Å². The Morgan fingerprint density at radius 2 is 1.14 bits per heavy atom. The molecule has 262 valence electrons. The molecule has 0 amide bonds. The van der Waals surface area contributed by atoms with Crippen molar-refractivity contribution in [2.45, 2.75) is 12.8 Å². The first-order chi connectivity index (χ1) is 27.8. The van der Waals surface area contributed by atoms with Gasteiger partial charge in [0.25, 0.3) is 0 Å². The molecule has 0 fully saturated rings. The lowest BCUT2D eigenvalue weighted by atomic mass is 9.86. The van der Waals surface area contributed by atoms with Crippen LogP contribution in [0.15, 0.2) is 170 Å². The minimum atomic E-state index is 0.722. The van der Waals surface area contributed by atoms with Crippen molar-refractivity contribution in [3.63, 3.8) is 0 Å². The molecular weight excluding hydrogens is 699 g/mol. The fourth-order valence-electron chi connectivity index (χ4n) is 9.23. The van der Waals surface area contributed by atoms with Crippen LogP contribution < -0.4 is 0 Å². The molecule has 0 radical (unpaired) electrons. The average Bonchev–Trinajstić information content (AvgIpc) is 3.83. The molecule has 8 aromatic carbocycles. The van der Waals surface area contributed by atoms with Crippen LogP contribution >= 0.6 is 11.3 Å². The summed E-state index contributed by atoms with van der Waals surface area (Å²) in [6, 6.07) is 61.1. The fourth-order valence-corrected chi connectivity index (χ4v) is 10.5. The number of aromatic nitrogens is 3. The number of allylic oxidation sites excluding steroid dienone is 1. The molecule has 1 aliphatic rings. The second-order valence-corrected chi connectivity index (χ2v) is 15.8. The summed E-state index contributed by atoms with van der Waals surface area (Å²) in [5.74, 6) is 1.61. The number of hydrogen-bond donors (Lipinski definition) is 0. The molecule has 0 bridgehead atoms. The standard InChI is InChI=1S/C52H33N3S/c1-3-15-32(16-4-1)44-31-47(54-52(53-44)33-17-5-2-6-18-33)55-45-28-27-35(42-29-34-19-7-8-20-36(34)37-21-9-10-22-38(37)42)30-43(45)49-50(55)40-24-12-11-23-39(40)48-41-25-13-14-26-46(41)56-51(48)49/h1-26,29-31H,27-28H2. The van der Waals surface area contributed by atoms with E-state index in [0.717, 1.165) is 41.3 Å². The van der Waals surface area contributed by atoms with E-state index in [1.165, 1.54) is 85.8 Å². The van der Waals surface area contributed by atoms with Crippen molar-refractivity contribution in [1.82, 2.24) is 14.5 Å². The smallest absolute Gasteiger partial charge is 0.162 e. The first-order valence-corrected chi connectivity index (χ1v) is 20.1. The average molecular weight is 732 g/mol. The number of benzene rings is 8. The van der Waals surface area contributed by atoms with Crippen LogP contribution in [0.5, 0.6) is 0 Å². The van der Waals surface area contributed by atoms with Gasteiger partial charge in [0.1, 0.15) is 5.82 Å². The Morgan fingerprint density at radius 1 is 0.500 bits per heavy atom. The van der Waals surface area contributed by atoms with Gasteiger partial charge in [-0.05, 0) is 69.1 Å². The highest BCUT2D eigenvalue weighted by atomic mass is 32.1. The largest absolute Gasteiger partial charge is 0.297 e. The van der Waals surface area contributed by atoms with Crippen molar-refractivity contribution in [3.05, 3.63) is 187 Å². The summed E-state index contributed by atoms with van der Waals surface area (Å²) in [6.07, 6.45) is 4.31. The van der Waals surface area contributed by atoms with Gasteiger partial charge in [-0.3, -0.25) is 4.57 Å². The van der Waals surface area contributed by atoms with E-state index in [-0.39, 0.29) is 0 Å². The van der Waals surface area contributed by atoms with E-state index < -0.39 is 0 Å². The maximum Gasteiger partial charge on any atom is 0.162 e. The summed E-state index contributed by atoms with van der Waals surface area (Å²) >= 11 is 1.91. The van der Waals surface area contributed by atoms with Crippen LogP contribution in [0, 0.1) is 0 Å².